The maximum Gasteiger partial charge on any atom is 0.256 e. The molecule has 1 fully saturated rings. The van der Waals surface area contributed by atoms with Crippen LogP contribution in [0, 0.1) is 0 Å². The highest BCUT2D eigenvalue weighted by molar-refractivity contribution is 6.02. The number of piperidine rings is 1. The molecule has 0 unspecified atom stereocenters. The van der Waals surface area contributed by atoms with Gasteiger partial charge in [0, 0.05) is 26.6 Å². The molecule has 5 nitrogen and oxygen atoms in total. The lowest BCUT2D eigenvalue weighted by atomic mass is 10.1. The predicted octanol–water partition coefficient (Wildman–Crippen LogP) is 1.73. The summed E-state index contributed by atoms with van der Waals surface area (Å²) in [5.74, 6) is 0.0989. The minimum absolute atomic E-state index is 0.0989. The third kappa shape index (κ3) is 3.54. The van der Waals surface area contributed by atoms with Crippen LogP contribution >= 0.6 is 0 Å². The molecule has 118 valence electrons. The summed E-state index contributed by atoms with van der Waals surface area (Å²) >= 11 is 0. The van der Waals surface area contributed by atoms with Gasteiger partial charge in [0.25, 0.3) is 5.91 Å². The van der Waals surface area contributed by atoms with E-state index < -0.39 is 0 Å². The second-order valence-corrected chi connectivity index (χ2v) is 5.89. The van der Waals surface area contributed by atoms with Crippen molar-refractivity contribution in [2.24, 2.45) is 5.10 Å². The SMILES string of the molecule is COC1CCN(CC(=O)N2CCC(c3ccccc3)=N2)CC1. The van der Waals surface area contributed by atoms with E-state index in [1.54, 1.807) is 12.1 Å². The Kier molecular flexibility index (Phi) is 4.85. The number of hydrogen-bond acceptors (Lipinski definition) is 4. The fourth-order valence-corrected chi connectivity index (χ4v) is 3.05. The standard InChI is InChI=1S/C17H23N3O2/c1-22-15-7-10-19(11-8-15)13-17(21)20-12-9-16(18-20)14-5-3-2-4-6-14/h2-6,15H,7-13H2,1H3. The van der Waals surface area contributed by atoms with E-state index in [0.29, 0.717) is 19.2 Å². The number of methoxy groups -OCH3 is 1. The number of rotatable bonds is 4. The molecule has 0 saturated carbocycles. The highest BCUT2D eigenvalue weighted by Crippen LogP contribution is 2.16. The van der Waals surface area contributed by atoms with Gasteiger partial charge < -0.3 is 4.74 Å². The van der Waals surface area contributed by atoms with E-state index in [9.17, 15) is 4.79 Å². The topological polar surface area (TPSA) is 45.1 Å². The van der Waals surface area contributed by atoms with Crippen LogP contribution in [0.3, 0.4) is 0 Å². The number of likely N-dealkylation sites (tertiary alicyclic amines) is 1. The van der Waals surface area contributed by atoms with E-state index in [1.807, 2.05) is 30.3 Å². The smallest absolute Gasteiger partial charge is 0.256 e. The summed E-state index contributed by atoms with van der Waals surface area (Å²) in [6.45, 7) is 3.00. The van der Waals surface area contributed by atoms with Crippen molar-refractivity contribution in [1.82, 2.24) is 9.91 Å². The Morgan fingerprint density at radius 3 is 2.64 bits per heavy atom. The first-order valence-electron chi connectivity index (χ1n) is 7.94. The fraction of sp³-hybridized carbons (Fsp3) is 0.529. The molecule has 0 bridgehead atoms. The number of hydrogen-bond donors (Lipinski definition) is 0. The molecule has 2 heterocycles. The second kappa shape index (κ2) is 7.03. The van der Waals surface area contributed by atoms with Crippen LogP contribution in [0.15, 0.2) is 35.4 Å². The van der Waals surface area contributed by atoms with Crippen molar-refractivity contribution in [3.8, 4) is 0 Å². The van der Waals surface area contributed by atoms with Crippen LogP contribution in [-0.2, 0) is 9.53 Å². The van der Waals surface area contributed by atoms with Crippen molar-refractivity contribution < 1.29 is 9.53 Å². The number of carbonyl (C=O) groups excluding carboxylic acids is 1. The van der Waals surface area contributed by atoms with Crippen LogP contribution in [0.2, 0.25) is 0 Å². The molecule has 5 heteroatoms. The molecule has 1 saturated heterocycles. The highest BCUT2D eigenvalue weighted by atomic mass is 16.5. The van der Waals surface area contributed by atoms with Crippen molar-refractivity contribution in [1.29, 1.82) is 0 Å². The minimum atomic E-state index is 0.0989. The molecule has 0 spiro atoms. The Hall–Kier alpha value is -1.72. The number of ether oxygens (including phenoxy) is 1. The van der Waals surface area contributed by atoms with Gasteiger partial charge in [0.2, 0.25) is 0 Å². The van der Waals surface area contributed by atoms with E-state index in [2.05, 4.69) is 10.0 Å². The Bertz CT molecular complexity index is 536. The van der Waals surface area contributed by atoms with Gasteiger partial charge in [-0.2, -0.15) is 5.10 Å². The number of hydrazone groups is 1. The first-order valence-corrected chi connectivity index (χ1v) is 7.94. The lowest BCUT2D eigenvalue weighted by Gasteiger charge is -2.31. The molecule has 1 aromatic carbocycles. The Morgan fingerprint density at radius 1 is 1.23 bits per heavy atom. The minimum Gasteiger partial charge on any atom is -0.381 e. The first-order chi connectivity index (χ1) is 10.8. The number of nitrogens with zero attached hydrogens (tertiary/aromatic N) is 3. The molecule has 1 aromatic rings. The molecule has 0 atom stereocenters. The van der Waals surface area contributed by atoms with Crippen LogP contribution in [0.25, 0.3) is 0 Å². The van der Waals surface area contributed by atoms with Gasteiger partial charge in [-0.3, -0.25) is 9.69 Å². The van der Waals surface area contributed by atoms with E-state index >= 15 is 0 Å². The highest BCUT2D eigenvalue weighted by Gasteiger charge is 2.25. The maximum atomic E-state index is 12.4. The predicted molar refractivity (Wildman–Crippen MR) is 85.8 cm³/mol. The second-order valence-electron chi connectivity index (χ2n) is 5.89. The molecule has 3 rings (SSSR count). The van der Waals surface area contributed by atoms with E-state index in [-0.39, 0.29) is 5.91 Å². The molecule has 0 radical (unpaired) electrons. The lowest BCUT2D eigenvalue weighted by molar-refractivity contribution is -0.132. The Labute approximate surface area is 131 Å². The van der Waals surface area contributed by atoms with Crippen molar-refractivity contribution >= 4 is 11.6 Å². The third-order valence-electron chi connectivity index (χ3n) is 4.42. The summed E-state index contributed by atoms with van der Waals surface area (Å²) in [6, 6.07) is 10.1. The molecule has 0 aliphatic carbocycles. The summed E-state index contributed by atoms with van der Waals surface area (Å²) in [5, 5.41) is 6.13. The summed E-state index contributed by atoms with van der Waals surface area (Å²) in [6.07, 6.45) is 3.19. The lowest BCUT2D eigenvalue weighted by Crippen LogP contribution is -2.42. The van der Waals surface area contributed by atoms with Gasteiger partial charge in [0.1, 0.15) is 0 Å². The van der Waals surface area contributed by atoms with Crippen molar-refractivity contribution in [3.05, 3.63) is 35.9 Å². The van der Waals surface area contributed by atoms with Crippen LogP contribution < -0.4 is 0 Å². The van der Waals surface area contributed by atoms with Crippen LogP contribution in [0.5, 0.6) is 0 Å². The van der Waals surface area contributed by atoms with E-state index in [0.717, 1.165) is 43.6 Å². The summed E-state index contributed by atoms with van der Waals surface area (Å²) < 4.78 is 5.36. The zero-order chi connectivity index (χ0) is 15.4. The molecule has 0 N–H and O–H groups in total. The van der Waals surface area contributed by atoms with Gasteiger partial charge in [0.05, 0.1) is 24.9 Å². The van der Waals surface area contributed by atoms with Crippen molar-refractivity contribution in [3.63, 3.8) is 0 Å². The van der Waals surface area contributed by atoms with Crippen LogP contribution in [-0.4, -0.2) is 60.9 Å². The normalized spacial score (nSPS) is 20.2. The number of carbonyl (C=O) groups is 1. The monoisotopic (exact) mass is 301 g/mol. The quantitative estimate of drug-likeness (QED) is 0.851. The molecular formula is C17H23N3O2. The van der Waals surface area contributed by atoms with E-state index in [4.69, 9.17) is 4.74 Å². The molecule has 1 amide bonds. The van der Waals surface area contributed by atoms with Gasteiger partial charge in [-0.05, 0) is 18.4 Å². The summed E-state index contributed by atoms with van der Waals surface area (Å²) in [7, 11) is 1.76. The third-order valence-corrected chi connectivity index (χ3v) is 4.42. The molecular weight excluding hydrogens is 278 g/mol. The first kappa shape index (κ1) is 15.2. The average molecular weight is 301 g/mol. The van der Waals surface area contributed by atoms with Crippen molar-refractivity contribution in [2.75, 3.05) is 33.3 Å². The van der Waals surface area contributed by atoms with Gasteiger partial charge in [0.15, 0.2) is 0 Å². The summed E-state index contributed by atoms with van der Waals surface area (Å²) in [5.41, 5.74) is 2.12. The van der Waals surface area contributed by atoms with Gasteiger partial charge in [-0.15, -0.1) is 0 Å². The number of benzene rings is 1. The van der Waals surface area contributed by atoms with Gasteiger partial charge in [-0.1, -0.05) is 30.3 Å². The average Bonchev–Trinajstić information content (AvgIpc) is 3.06. The van der Waals surface area contributed by atoms with Crippen molar-refractivity contribution in [2.45, 2.75) is 25.4 Å². The maximum absolute atomic E-state index is 12.4. The van der Waals surface area contributed by atoms with Gasteiger partial charge in [-0.25, -0.2) is 5.01 Å². The molecule has 0 aromatic heterocycles. The number of amides is 1. The Balaban J connectivity index is 1.54. The molecule has 2 aliphatic rings. The fourth-order valence-electron chi connectivity index (χ4n) is 3.05. The molecule has 22 heavy (non-hydrogen) atoms. The van der Waals surface area contributed by atoms with E-state index in [1.165, 1.54) is 0 Å². The zero-order valence-electron chi connectivity index (χ0n) is 13.1. The zero-order valence-corrected chi connectivity index (χ0v) is 13.1. The molecule has 2 aliphatic heterocycles. The summed E-state index contributed by atoms with van der Waals surface area (Å²) in [4.78, 5) is 14.6. The van der Waals surface area contributed by atoms with Crippen LogP contribution in [0.1, 0.15) is 24.8 Å². The Morgan fingerprint density at radius 2 is 1.95 bits per heavy atom. The largest absolute Gasteiger partial charge is 0.381 e. The van der Waals surface area contributed by atoms with Gasteiger partial charge >= 0.3 is 0 Å². The van der Waals surface area contributed by atoms with Crippen LogP contribution in [0.4, 0.5) is 0 Å².